The second kappa shape index (κ2) is 5.10. The number of amidine groups is 1. The van der Waals surface area contributed by atoms with E-state index in [-0.39, 0.29) is 5.66 Å². The fraction of sp³-hybridized carbons (Fsp3) is 0.462. The van der Waals surface area contributed by atoms with Crippen molar-refractivity contribution in [3.8, 4) is 0 Å². The number of rotatable bonds is 3. The molecule has 5 heteroatoms. The molecule has 0 radical (unpaired) electrons. The molecule has 0 amide bonds. The Morgan fingerprint density at radius 1 is 1.22 bits per heavy atom. The minimum Gasteiger partial charge on any atom is -0.377 e. The summed E-state index contributed by atoms with van der Waals surface area (Å²) in [5.74, 6) is 0.863. The number of aliphatic imine (C=N–C) groups is 1. The van der Waals surface area contributed by atoms with Gasteiger partial charge in [0.05, 0.1) is 0 Å². The van der Waals surface area contributed by atoms with Gasteiger partial charge >= 0.3 is 0 Å². The second-order valence-electron chi connectivity index (χ2n) is 4.90. The average molecular weight is 262 g/mol. The zero-order valence-corrected chi connectivity index (χ0v) is 12.0. The molecule has 0 saturated heterocycles. The summed E-state index contributed by atoms with van der Waals surface area (Å²) in [5.41, 5.74) is 2.14. The highest BCUT2D eigenvalue weighted by Gasteiger charge is 2.22. The minimum absolute atomic E-state index is 0.386. The van der Waals surface area contributed by atoms with Crippen LogP contribution in [-0.4, -0.2) is 24.9 Å². The maximum atomic E-state index is 4.44. The number of anilines is 1. The van der Waals surface area contributed by atoms with E-state index in [4.69, 9.17) is 0 Å². The van der Waals surface area contributed by atoms with Crippen LogP contribution in [0.3, 0.4) is 0 Å². The Morgan fingerprint density at radius 2 is 1.94 bits per heavy atom. The third-order valence-electron chi connectivity index (χ3n) is 2.58. The van der Waals surface area contributed by atoms with E-state index >= 15 is 0 Å². The van der Waals surface area contributed by atoms with Gasteiger partial charge < -0.3 is 4.90 Å². The van der Waals surface area contributed by atoms with Crippen molar-refractivity contribution in [3.63, 3.8) is 0 Å². The molecule has 0 aliphatic carbocycles. The Labute approximate surface area is 112 Å². The van der Waals surface area contributed by atoms with Gasteiger partial charge in [-0.2, -0.15) is 5.11 Å². The normalized spacial score (nSPS) is 16.8. The number of azo groups is 1. The Morgan fingerprint density at radius 3 is 2.56 bits per heavy atom. The van der Waals surface area contributed by atoms with Gasteiger partial charge in [0.1, 0.15) is 0 Å². The van der Waals surface area contributed by atoms with Crippen molar-refractivity contribution in [1.82, 2.24) is 0 Å². The van der Waals surface area contributed by atoms with Gasteiger partial charge in [-0.1, -0.05) is 30.0 Å². The molecule has 0 spiro atoms. The lowest BCUT2D eigenvalue weighted by molar-refractivity contribution is 0.551. The summed E-state index contributed by atoms with van der Waals surface area (Å²) in [5, 5.41) is 8.98. The van der Waals surface area contributed by atoms with E-state index < -0.39 is 0 Å². The first-order chi connectivity index (χ1) is 8.48. The summed E-state index contributed by atoms with van der Waals surface area (Å²) >= 11 is 1.63. The summed E-state index contributed by atoms with van der Waals surface area (Å²) in [6.45, 7) is 3.91. The fourth-order valence-electron chi connectivity index (χ4n) is 1.72. The maximum absolute atomic E-state index is 4.44. The number of nitrogens with zero attached hydrogens (tertiary/aromatic N) is 4. The molecule has 0 unspecified atom stereocenters. The maximum Gasteiger partial charge on any atom is 0.206 e. The summed E-state index contributed by atoms with van der Waals surface area (Å²) in [4.78, 5) is 6.57. The highest BCUT2D eigenvalue weighted by molar-refractivity contribution is 8.13. The van der Waals surface area contributed by atoms with Gasteiger partial charge in [-0.05, 0) is 25.5 Å². The zero-order chi connectivity index (χ0) is 13.2. The monoisotopic (exact) mass is 262 g/mol. The van der Waals surface area contributed by atoms with E-state index in [1.807, 2.05) is 13.8 Å². The number of hydrogen-bond donors (Lipinski definition) is 0. The molecule has 18 heavy (non-hydrogen) atoms. The molecule has 0 N–H and O–H groups in total. The second-order valence-corrected chi connectivity index (χ2v) is 5.84. The molecular formula is C13H18N4S. The van der Waals surface area contributed by atoms with Gasteiger partial charge in [-0.25, -0.2) is 4.99 Å². The molecule has 0 bridgehead atoms. The molecule has 1 heterocycles. The van der Waals surface area contributed by atoms with Crippen LogP contribution < -0.4 is 4.90 Å². The zero-order valence-electron chi connectivity index (χ0n) is 11.2. The van der Waals surface area contributed by atoms with Crippen molar-refractivity contribution < 1.29 is 0 Å². The summed E-state index contributed by atoms with van der Waals surface area (Å²) < 4.78 is 0. The molecule has 1 aliphatic rings. The Hall–Kier alpha value is -1.36. The molecule has 0 fully saturated rings. The van der Waals surface area contributed by atoms with Crippen molar-refractivity contribution in [3.05, 3.63) is 29.8 Å². The van der Waals surface area contributed by atoms with E-state index in [0.29, 0.717) is 0 Å². The third kappa shape index (κ3) is 3.10. The average Bonchev–Trinajstić information content (AvgIpc) is 2.66. The van der Waals surface area contributed by atoms with Crippen molar-refractivity contribution in [2.75, 3.05) is 19.0 Å². The van der Waals surface area contributed by atoms with Crippen LogP contribution in [-0.2, 0) is 5.75 Å². The lowest BCUT2D eigenvalue weighted by Gasteiger charge is -2.16. The first-order valence-electron chi connectivity index (χ1n) is 5.89. The molecule has 4 nitrogen and oxygen atoms in total. The fourth-order valence-corrected chi connectivity index (χ4v) is 2.63. The van der Waals surface area contributed by atoms with Crippen molar-refractivity contribution in [1.29, 1.82) is 0 Å². The number of thioether (sulfide) groups is 1. The van der Waals surface area contributed by atoms with Crippen molar-refractivity contribution >= 4 is 22.6 Å². The Balaban J connectivity index is 2.06. The molecule has 0 saturated carbocycles. The molecular weight excluding hydrogens is 244 g/mol. The molecule has 1 aromatic carbocycles. The molecule has 2 rings (SSSR count). The van der Waals surface area contributed by atoms with E-state index in [1.54, 1.807) is 11.8 Å². The summed E-state index contributed by atoms with van der Waals surface area (Å²) in [7, 11) is 4.11. The number of para-hydroxylation sites is 1. The highest BCUT2D eigenvalue weighted by atomic mass is 32.2. The van der Waals surface area contributed by atoms with Gasteiger partial charge in [0.25, 0.3) is 0 Å². The van der Waals surface area contributed by atoms with Gasteiger partial charge in [0.15, 0.2) is 5.66 Å². The molecule has 1 aliphatic heterocycles. The largest absolute Gasteiger partial charge is 0.377 e. The van der Waals surface area contributed by atoms with E-state index in [1.165, 1.54) is 11.3 Å². The molecule has 0 aromatic heterocycles. The minimum atomic E-state index is -0.386. The quantitative estimate of drug-likeness (QED) is 0.836. The van der Waals surface area contributed by atoms with Gasteiger partial charge in [0.2, 0.25) is 5.17 Å². The van der Waals surface area contributed by atoms with Crippen LogP contribution in [0.4, 0.5) is 5.69 Å². The number of hydrogen-bond acceptors (Lipinski definition) is 5. The predicted molar refractivity (Wildman–Crippen MR) is 78.4 cm³/mol. The van der Waals surface area contributed by atoms with Crippen LogP contribution in [0.1, 0.15) is 19.4 Å². The lowest BCUT2D eigenvalue weighted by atomic mass is 10.2. The van der Waals surface area contributed by atoms with E-state index in [2.05, 4.69) is 58.5 Å². The van der Waals surface area contributed by atoms with Crippen LogP contribution >= 0.6 is 11.8 Å². The topological polar surface area (TPSA) is 40.3 Å². The highest BCUT2D eigenvalue weighted by Crippen LogP contribution is 2.28. The van der Waals surface area contributed by atoms with Crippen molar-refractivity contribution in [2.45, 2.75) is 25.3 Å². The first kappa shape index (κ1) is 13.1. The predicted octanol–water partition coefficient (Wildman–Crippen LogP) is 3.54. The number of benzene rings is 1. The third-order valence-corrected chi connectivity index (χ3v) is 3.47. The van der Waals surface area contributed by atoms with Gasteiger partial charge in [0, 0.05) is 25.5 Å². The SMILES string of the molecule is CN(C)c1ccccc1CSC1=NC(C)(C)N=N1. The summed E-state index contributed by atoms with van der Waals surface area (Å²) in [6.07, 6.45) is 0. The molecule has 96 valence electrons. The molecule has 1 aromatic rings. The van der Waals surface area contributed by atoms with Gasteiger partial charge in [-0.15, -0.1) is 5.11 Å². The van der Waals surface area contributed by atoms with Crippen LogP contribution in [0.5, 0.6) is 0 Å². The Bertz CT molecular complexity index is 492. The standard InChI is InChI=1S/C13H18N4S/c1-13(2)14-12(15-16-13)18-9-10-7-5-6-8-11(10)17(3)4/h5-8H,9H2,1-4H3. The van der Waals surface area contributed by atoms with Crippen LogP contribution in [0.15, 0.2) is 39.5 Å². The van der Waals surface area contributed by atoms with Crippen LogP contribution in [0, 0.1) is 0 Å². The van der Waals surface area contributed by atoms with Gasteiger partial charge in [-0.3, -0.25) is 0 Å². The van der Waals surface area contributed by atoms with Crippen LogP contribution in [0.25, 0.3) is 0 Å². The van der Waals surface area contributed by atoms with Crippen LogP contribution in [0.2, 0.25) is 0 Å². The van der Waals surface area contributed by atoms with E-state index in [9.17, 15) is 0 Å². The smallest absolute Gasteiger partial charge is 0.206 e. The Kier molecular flexibility index (Phi) is 3.71. The lowest BCUT2D eigenvalue weighted by Crippen LogP contribution is -2.11. The molecule has 0 atom stereocenters. The first-order valence-corrected chi connectivity index (χ1v) is 6.87. The summed E-state index contributed by atoms with van der Waals surface area (Å²) in [6, 6.07) is 8.38. The van der Waals surface area contributed by atoms with E-state index in [0.717, 1.165) is 10.9 Å². The van der Waals surface area contributed by atoms with Crippen molar-refractivity contribution in [2.24, 2.45) is 15.2 Å².